The van der Waals surface area contributed by atoms with Gasteiger partial charge in [-0.1, -0.05) is 24.3 Å². The van der Waals surface area contributed by atoms with Gasteiger partial charge in [-0.3, -0.25) is 0 Å². The lowest BCUT2D eigenvalue weighted by molar-refractivity contribution is -0.131. The van der Waals surface area contributed by atoms with Crippen molar-refractivity contribution in [1.82, 2.24) is 5.32 Å². The van der Waals surface area contributed by atoms with Gasteiger partial charge in [-0.15, -0.1) is 0 Å². The summed E-state index contributed by atoms with van der Waals surface area (Å²) in [5, 5.41) is 12.7. The molecule has 0 saturated carbocycles. The maximum atomic E-state index is 10.2. The monoisotopic (exact) mass is 245 g/mol. The number of para-hydroxylation sites is 1. The summed E-state index contributed by atoms with van der Waals surface area (Å²) < 4.78 is 5.44. The van der Waals surface area contributed by atoms with Crippen LogP contribution in [0.5, 0.6) is 0 Å². The number of fused-ring (bicyclic) bond motifs is 1. The van der Waals surface area contributed by atoms with Gasteiger partial charge >= 0.3 is 5.97 Å². The number of aliphatic carboxylic acids is 1. The molecule has 2 rings (SSSR count). The molecule has 4 heteroatoms. The van der Waals surface area contributed by atoms with Crippen molar-refractivity contribution in [2.24, 2.45) is 0 Å². The molecule has 0 fully saturated rings. The van der Waals surface area contributed by atoms with Crippen LogP contribution in [0.3, 0.4) is 0 Å². The van der Waals surface area contributed by atoms with Crippen LogP contribution in [-0.4, -0.2) is 24.2 Å². The van der Waals surface area contributed by atoms with Crippen LogP contribution in [0.2, 0.25) is 0 Å². The number of carboxylic acids is 1. The number of hydrogen-bond donors (Lipinski definition) is 2. The SMILES string of the molecule is O=C(O)/C=C/CNCCc1coc2ccccc12. The maximum Gasteiger partial charge on any atom is 0.328 e. The summed E-state index contributed by atoms with van der Waals surface area (Å²) in [4.78, 5) is 10.2. The second-order valence-corrected chi connectivity index (χ2v) is 3.95. The average Bonchev–Trinajstić information content (AvgIpc) is 2.77. The lowest BCUT2D eigenvalue weighted by Crippen LogP contribution is -2.17. The second-order valence-electron chi connectivity index (χ2n) is 3.95. The second kappa shape index (κ2) is 6.02. The van der Waals surface area contributed by atoms with Gasteiger partial charge in [-0.2, -0.15) is 0 Å². The fourth-order valence-electron chi connectivity index (χ4n) is 1.79. The third-order valence-electron chi connectivity index (χ3n) is 2.65. The molecule has 18 heavy (non-hydrogen) atoms. The molecule has 0 bridgehead atoms. The molecule has 0 unspecified atom stereocenters. The molecule has 0 radical (unpaired) electrons. The highest BCUT2D eigenvalue weighted by Crippen LogP contribution is 2.20. The van der Waals surface area contributed by atoms with Gasteiger partial charge in [-0.25, -0.2) is 4.79 Å². The minimum atomic E-state index is -0.919. The van der Waals surface area contributed by atoms with Crippen LogP contribution >= 0.6 is 0 Å². The van der Waals surface area contributed by atoms with Crippen molar-refractivity contribution in [3.63, 3.8) is 0 Å². The molecular weight excluding hydrogens is 230 g/mol. The standard InChI is InChI=1S/C14H15NO3/c16-14(17)6-3-8-15-9-7-11-10-18-13-5-2-1-4-12(11)13/h1-6,10,15H,7-9H2,(H,16,17)/b6-3+. The Balaban J connectivity index is 1.82. The first-order valence-electron chi connectivity index (χ1n) is 5.82. The largest absolute Gasteiger partial charge is 0.478 e. The number of nitrogens with one attached hydrogen (secondary N) is 1. The van der Waals surface area contributed by atoms with E-state index in [4.69, 9.17) is 9.52 Å². The minimum absolute atomic E-state index is 0.558. The summed E-state index contributed by atoms with van der Waals surface area (Å²) in [7, 11) is 0. The highest BCUT2D eigenvalue weighted by atomic mass is 16.4. The zero-order valence-corrected chi connectivity index (χ0v) is 9.93. The summed E-state index contributed by atoms with van der Waals surface area (Å²) >= 11 is 0. The third kappa shape index (κ3) is 3.21. The Morgan fingerprint density at radius 3 is 3.06 bits per heavy atom. The zero-order valence-electron chi connectivity index (χ0n) is 9.93. The lowest BCUT2D eigenvalue weighted by Gasteiger charge is -1.99. The molecule has 0 spiro atoms. The molecule has 1 aromatic heterocycles. The fraction of sp³-hybridized carbons (Fsp3) is 0.214. The van der Waals surface area contributed by atoms with Gasteiger partial charge in [0, 0.05) is 18.0 Å². The van der Waals surface area contributed by atoms with Crippen LogP contribution in [0.15, 0.2) is 47.1 Å². The number of furan rings is 1. The summed E-state index contributed by atoms with van der Waals surface area (Å²) in [6.07, 6.45) is 5.37. The maximum absolute atomic E-state index is 10.2. The van der Waals surface area contributed by atoms with E-state index < -0.39 is 5.97 Å². The van der Waals surface area contributed by atoms with Gasteiger partial charge in [-0.05, 0) is 24.6 Å². The number of carbonyl (C=O) groups is 1. The molecule has 0 aliphatic rings. The van der Waals surface area contributed by atoms with Gasteiger partial charge in [0.1, 0.15) is 5.58 Å². The predicted molar refractivity (Wildman–Crippen MR) is 69.6 cm³/mol. The number of carboxylic acid groups (broad SMARTS) is 1. The molecule has 1 heterocycles. The highest BCUT2D eigenvalue weighted by molar-refractivity contribution is 5.81. The molecule has 0 saturated heterocycles. The average molecular weight is 245 g/mol. The molecule has 2 aromatic rings. The van der Waals surface area contributed by atoms with Crippen molar-refractivity contribution in [3.8, 4) is 0 Å². The quantitative estimate of drug-likeness (QED) is 0.605. The smallest absolute Gasteiger partial charge is 0.328 e. The van der Waals surface area contributed by atoms with Crippen LogP contribution < -0.4 is 5.32 Å². The van der Waals surface area contributed by atoms with E-state index in [0.29, 0.717) is 6.54 Å². The number of benzene rings is 1. The van der Waals surface area contributed by atoms with E-state index in [0.717, 1.165) is 30.0 Å². The van der Waals surface area contributed by atoms with E-state index in [-0.39, 0.29) is 0 Å². The Morgan fingerprint density at radius 2 is 2.22 bits per heavy atom. The molecule has 2 N–H and O–H groups in total. The first-order valence-corrected chi connectivity index (χ1v) is 5.82. The Labute approximate surface area is 105 Å². The van der Waals surface area contributed by atoms with Crippen LogP contribution in [0, 0.1) is 0 Å². The topological polar surface area (TPSA) is 62.5 Å². The van der Waals surface area contributed by atoms with Gasteiger partial charge in [0.15, 0.2) is 0 Å². The molecule has 1 aromatic carbocycles. The van der Waals surface area contributed by atoms with Crippen molar-refractivity contribution in [2.75, 3.05) is 13.1 Å². The summed E-state index contributed by atoms with van der Waals surface area (Å²) in [6.45, 7) is 1.34. The molecule has 0 aliphatic carbocycles. The normalized spacial score (nSPS) is 11.3. The van der Waals surface area contributed by atoms with E-state index in [1.54, 1.807) is 12.3 Å². The summed E-state index contributed by atoms with van der Waals surface area (Å²) in [5.74, 6) is -0.919. The van der Waals surface area contributed by atoms with Crippen LogP contribution in [0.4, 0.5) is 0 Å². The summed E-state index contributed by atoms with van der Waals surface area (Å²) in [5.41, 5.74) is 2.07. The van der Waals surface area contributed by atoms with Crippen molar-refractivity contribution in [2.45, 2.75) is 6.42 Å². The van der Waals surface area contributed by atoms with E-state index >= 15 is 0 Å². The zero-order chi connectivity index (χ0) is 12.8. The summed E-state index contributed by atoms with van der Waals surface area (Å²) in [6, 6.07) is 7.93. The molecule has 4 nitrogen and oxygen atoms in total. The number of hydrogen-bond acceptors (Lipinski definition) is 3. The van der Waals surface area contributed by atoms with E-state index in [9.17, 15) is 4.79 Å². The van der Waals surface area contributed by atoms with E-state index in [2.05, 4.69) is 5.32 Å². The van der Waals surface area contributed by atoms with Gasteiger partial charge < -0.3 is 14.8 Å². The van der Waals surface area contributed by atoms with Crippen LogP contribution in [-0.2, 0) is 11.2 Å². The third-order valence-corrected chi connectivity index (χ3v) is 2.65. The lowest BCUT2D eigenvalue weighted by atomic mass is 10.1. The first-order chi connectivity index (χ1) is 8.77. The number of rotatable bonds is 6. The van der Waals surface area contributed by atoms with Gasteiger partial charge in [0.25, 0.3) is 0 Å². The van der Waals surface area contributed by atoms with E-state index in [1.807, 2.05) is 24.3 Å². The van der Waals surface area contributed by atoms with Crippen molar-refractivity contribution >= 4 is 16.9 Å². The predicted octanol–water partition coefficient (Wildman–Crippen LogP) is 2.21. The van der Waals surface area contributed by atoms with E-state index in [1.165, 1.54) is 5.56 Å². The fourth-order valence-corrected chi connectivity index (χ4v) is 1.79. The van der Waals surface area contributed by atoms with Crippen LogP contribution in [0.1, 0.15) is 5.56 Å². The molecule has 94 valence electrons. The molecule has 0 amide bonds. The highest BCUT2D eigenvalue weighted by Gasteiger charge is 2.03. The van der Waals surface area contributed by atoms with Gasteiger partial charge in [0.05, 0.1) is 6.26 Å². The Morgan fingerprint density at radius 1 is 1.39 bits per heavy atom. The Bertz CT molecular complexity index is 557. The molecule has 0 aliphatic heterocycles. The van der Waals surface area contributed by atoms with Crippen molar-refractivity contribution in [1.29, 1.82) is 0 Å². The van der Waals surface area contributed by atoms with Crippen molar-refractivity contribution < 1.29 is 14.3 Å². The van der Waals surface area contributed by atoms with Crippen molar-refractivity contribution in [3.05, 3.63) is 48.2 Å². The molecular formula is C14H15NO3. The molecule has 0 atom stereocenters. The Hall–Kier alpha value is -2.07. The van der Waals surface area contributed by atoms with Crippen LogP contribution in [0.25, 0.3) is 11.0 Å². The van der Waals surface area contributed by atoms with Gasteiger partial charge in [0.2, 0.25) is 0 Å². The first kappa shape index (κ1) is 12.4. The Kier molecular flexibility index (Phi) is 4.15. The minimum Gasteiger partial charge on any atom is -0.478 e.